The Labute approximate surface area is 126 Å². The van der Waals surface area contributed by atoms with Crippen LogP contribution in [-0.4, -0.2) is 41.3 Å². The minimum absolute atomic E-state index is 0.0748. The summed E-state index contributed by atoms with van der Waals surface area (Å²) >= 11 is 0. The average Bonchev–Trinajstić information content (AvgIpc) is 2.35. The Morgan fingerprint density at radius 2 is 1.57 bits per heavy atom. The fourth-order valence-electron chi connectivity index (χ4n) is 3.23. The SMILES string of the molecule is CC(C)(C)OC(=O)N1CCC(C2CC(=O)CC(=O)C2)CC1. The molecule has 0 N–H and O–H groups in total. The normalized spacial score (nSPS) is 22.5. The lowest BCUT2D eigenvalue weighted by Gasteiger charge is -2.37. The summed E-state index contributed by atoms with van der Waals surface area (Å²) in [4.78, 5) is 36.8. The predicted octanol–water partition coefficient (Wildman–Crippen LogP) is 2.57. The van der Waals surface area contributed by atoms with Crippen molar-refractivity contribution in [2.75, 3.05) is 13.1 Å². The third kappa shape index (κ3) is 4.55. The van der Waals surface area contributed by atoms with E-state index in [-0.39, 0.29) is 30.0 Å². The van der Waals surface area contributed by atoms with Crippen molar-refractivity contribution >= 4 is 17.7 Å². The Balaban J connectivity index is 1.84. The van der Waals surface area contributed by atoms with Crippen LogP contribution >= 0.6 is 0 Å². The molecule has 1 aliphatic carbocycles. The molecule has 1 saturated heterocycles. The summed E-state index contributed by atoms with van der Waals surface area (Å²) in [6.07, 6.45) is 2.62. The van der Waals surface area contributed by atoms with E-state index >= 15 is 0 Å². The second-order valence-electron chi connectivity index (χ2n) is 7.23. The van der Waals surface area contributed by atoms with Crippen molar-refractivity contribution in [3.63, 3.8) is 0 Å². The van der Waals surface area contributed by atoms with E-state index in [1.54, 1.807) is 4.90 Å². The third-order valence-corrected chi connectivity index (χ3v) is 4.23. The molecule has 5 heteroatoms. The summed E-state index contributed by atoms with van der Waals surface area (Å²) in [6, 6.07) is 0. The van der Waals surface area contributed by atoms with Gasteiger partial charge >= 0.3 is 6.09 Å². The lowest BCUT2D eigenvalue weighted by atomic mass is 9.75. The van der Waals surface area contributed by atoms with Crippen molar-refractivity contribution in [2.24, 2.45) is 11.8 Å². The first-order chi connectivity index (χ1) is 9.74. The monoisotopic (exact) mass is 295 g/mol. The highest BCUT2D eigenvalue weighted by molar-refractivity contribution is 6.01. The lowest BCUT2D eigenvalue weighted by molar-refractivity contribution is -0.132. The summed E-state index contributed by atoms with van der Waals surface area (Å²) in [5.74, 6) is 0.702. The van der Waals surface area contributed by atoms with Crippen LogP contribution in [0.5, 0.6) is 0 Å². The van der Waals surface area contributed by atoms with Gasteiger partial charge in [-0.15, -0.1) is 0 Å². The van der Waals surface area contributed by atoms with Gasteiger partial charge in [0.25, 0.3) is 0 Å². The second kappa shape index (κ2) is 6.16. The molecule has 2 rings (SSSR count). The summed E-state index contributed by atoms with van der Waals surface area (Å²) in [5, 5.41) is 0. The number of ether oxygens (including phenoxy) is 1. The van der Waals surface area contributed by atoms with Gasteiger partial charge in [0, 0.05) is 25.9 Å². The van der Waals surface area contributed by atoms with E-state index in [1.165, 1.54) is 0 Å². The number of hydrogen-bond acceptors (Lipinski definition) is 4. The Bertz CT molecular complexity index is 414. The number of hydrogen-bond donors (Lipinski definition) is 0. The molecule has 5 nitrogen and oxygen atoms in total. The molecule has 118 valence electrons. The van der Waals surface area contributed by atoms with E-state index < -0.39 is 5.60 Å². The summed E-state index contributed by atoms with van der Waals surface area (Å²) < 4.78 is 5.37. The second-order valence-corrected chi connectivity index (χ2v) is 7.23. The third-order valence-electron chi connectivity index (χ3n) is 4.23. The standard InChI is InChI=1S/C16H25NO4/c1-16(2,3)21-15(20)17-6-4-11(5-7-17)12-8-13(18)10-14(19)9-12/h11-12H,4-10H2,1-3H3. The number of piperidine rings is 1. The Hall–Kier alpha value is -1.39. The van der Waals surface area contributed by atoms with E-state index in [9.17, 15) is 14.4 Å². The average molecular weight is 295 g/mol. The Morgan fingerprint density at radius 1 is 1.05 bits per heavy atom. The van der Waals surface area contributed by atoms with Gasteiger partial charge in [-0.1, -0.05) is 0 Å². The number of likely N-dealkylation sites (tertiary alicyclic amines) is 1. The maximum Gasteiger partial charge on any atom is 0.410 e. The van der Waals surface area contributed by atoms with Gasteiger partial charge in [-0.25, -0.2) is 4.79 Å². The molecule has 1 heterocycles. The van der Waals surface area contributed by atoms with E-state index in [2.05, 4.69) is 0 Å². The molecule has 0 aromatic carbocycles. The first kappa shape index (κ1) is 16.0. The number of ketones is 2. The van der Waals surface area contributed by atoms with E-state index in [1.807, 2.05) is 20.8 Å². The number of rotatable bonds is 1. The molecular formula is C16H25NO4. The van der Waals surface area contributed by atoms with Crippen LogP contribution in [0.2, 0.25) is 0 Å². The van der Waals surface area contributed by atoms with E-state index in [0.29, 0.717) is 31.8 Å². The number of nitrogens with zero attached hydrogens (tertiary/aromatic N) is 1. The molecule has 0 aromatic rings. The molecule has 2 aliphatic rings. The highest BCUT2D eigenvalue weighted by atomic mass is 16.6. The van der Waals surface area contributed by atoms with Gasteiger partial charge in [-0.3, -0.25) is 9.59 Å². The molecular weight excluding hydrogens is 270 g/mol. The van der Waals surface area contributed by atoms with Crippen molar-refractivity contribution in [3.8, 4) is 0 Å². The quantitative estimate of drug-likeness (QED) is 0.697. The van der Waals surface area contributed by atoms with Gasteiger partial charge in [0.1, 0.15) is 17.2 Å². The van der Waals surface area contributed by atoms with Crippen molar-refractivity contribution in [3.05, 3.63) is 0 Å². The highest BCUT2D eigenvalue weighted by Gasteiger charge is 2.34. The summed E-state index contributed by atoms with van der Waals surface area (Å²) in [6.45, 7) is 6.88. The largest absolute Gasteiger partial charge is 0.444 e. The van der Waals surface area contributed by atoms with Crippen LogP contribution in [-0.2, 0) is 14.3 Å². The highest BCUT2D eigenvalue weighted by Crippen LogP contribution is 2.33. The molecule has 0 atom stereocenters. The molecule has 0 unspecified atom stereocenters. The van der Waals surface area contributed by atoms with Crippen molar-refractivity contribution < 1.29 is 19.1 Å². The van der Waals surface area contributed by atoms with E-state index in [0.717, 1.165) is 12.8 Å². The predicted molar refractivity (Wildman–Crippen MR) is 77.9 cm³/mol. The number of carbonyl (C=O) groups excluding carboxylic acids is 3. The summed E-state index contributed by atoms with van der Waals surface area (Å²) in [5.41, 5.74) is -0.476. The molecule has 21 heavy (non-hydrogen) atoms. The lowest BCUT2D eigenvalue weighted by Crippen LogP contribution is -2.43. The van der Waals surface area contributed by atoms with E-state index in [4.69, 9.17) is 4.74 Å². The van der Waals surface area contributed by atoms with Crippen molar-refractivity contribution in [1.82, 2.24) is 4.90 Å². The molecule has 0 spiro atoms. The molecule has 0 bridgehead atoms. The van der Waals surface area contributed by atoms with Gasteiger partial charge in [0.15, 0.2) is 0 Å². The molecule has 2 fully saturated rings. The molecule has 0 radical (unpaired) electrons. The maximum atomic E-state index is 12.0. The van der Waals surface area contributed by atoms with Crippen LogP contribution in [0, 0.1) is 11.8 Å². The number of carbonyl (C=O) groups is 3. The van der Waals surface area contributed by atoms with Crippen molar-refractivity contribution in [1.29, 1.82) is 0 Å². The number of Topliss-reactive ketones (excluding diaryl/α,β-unsaturated/α-hetero) is 2. The summed E-state index contributed by atoms with van der Waals surface area (Å²) in [7, 11) is 0. The fourth-order valence-corrected chi connectivity index (χ4v) is 3.23. The first-order valence-corrected chi connectivity index (χ1v) is 7.76. The van der Waals surface area contributed by atoms with Gasteiger partial charge in [-0.05, 0) is 45.4 Å². The van der Waals surface area contributed by atoms with Crippen LogP contribution in [0.3, 0.4) is 0 Å². The minimum Gasteiger partial charge on any atom is -0.444 e. The van der Waals surface area contributed by atoms with Crippen molar-refractivity contribution in [2.45, 2.75) is 58.5 Å². The topological polar surface area (TPSA) is 63.7 Å². The van der Waals surface area contributed by atoms with Crippen LogP contribution in [0.15, 0.2) is 0 Å². The molecule has 1 saturated carbocycles. The molecule has 1 amide bonds. The van der Waals surface area contributed by atoms with Gasteiger partial charge in [-0.2, -0.15) is 0 Å². The Morgan fingerprint density at radius 3 is 2.05 bits per heavy atom. The maximum absolute atomic E-state index is 12.0. The van der Waals surface area contributed by atoms with Gasteiger partial charge < -0.3 is 9.64 Å². The minimum atomic E-state index is -0.476. The fraction of sp³-hybridized carbons (Fsp3) is 0.812. The van der Waals surface area contributed by atoms with Crippen LogP contribution in [0.25, 0.3) is 0 Å². The first-order valence-electron chi connectivity index (χ1n) is 7.76. The zero-order chi connectivity index (χ0) is 15.6. The van der Waals surface area contributed by atoms with Crippen LogP contribution in [0.1, 0.15) is 52.9 Å². The Kier molecular flexibility index (Phi) is 4.69. The number of amides is 1. The molecule has 0 aromatic heterocycles. The van der Waals surface area contributed by atoms with Crippen LogP contribution < -0.4 is 0 Å². The van der Waals surface area contributed by atoms with Gasteiger partial charge in [0.05, 0.1) is 6.42 Å². The van der Waals surface area contributed by atoms with Crippen LogP contribution in [0.4, 0.5) is 4.79 Å². The zero-order valence-electron chi connectivity index (χ0n) is 13.2. The smallest absolute Gasteiger partial charge is 0.410 e. The molecule has 1 aliphatic heterocycles. The zero-order valence-corrected chi connectivity index (χ0v) is 13.2. The van der Waals surface area contributed by atoms with Gasteiger partial charge in [0.2, 0.25) is 0 Å².